The number of nitrogens with zero attached hydrogens (tertiary/aromatic N) is 2. The lowest BCUT2D eigenvalue weighted by Crippen LogP contribution is -2.32. The number of rotatable bonds is 7. The first-order valence-electron chi connectivity index (χ1n) is 8.20. The number of nitrogens with one attached hydrogen (secondary N) is 1. The summed E-state index contributed by atoms with van der Waals surface area (Å²) in [7, 11) is 1.59. The maximum absolute atomic E-state index is 12.5. The minimum Gasteiger partial charge on any atom is -0.497 e. The van der Waals surface area contributed by atoms with Crippen LogP contribution in [0.1, 0.15) is 13.3 Å². The molecule has 0 unspecified atom stereocenters. The Morgan fingerprint density at radius 1 is 1.12 bits per heavy atom. The predicted molar refractivity (Wildman–Crippen MR) is 102 cm³/mol. The zero-order valence-corrected chi connectivity index (χ0v) is 15.3. The minimum absolute atomic E-state index is 0.258. The van der Waals surface area contributed by atoms with Gasteiger partial charge in [-0.3, -0.25) is 10.1 Å². The second kappa shape index (κ2) is 8.44. The molecule has 0 aliphatic rings. The van der Waals surface area contributed by atoms with Crippen molar-refractivity contribution in [2.45, 2.75) is 19.4 Å². The monoisotopic (exact) mass is 369 g/mol. The molecular formula is C19H19N3O3S. The molecule has 0 bridgehead atoms. The summed E-state index contributed by atoms with van der Waals surface area (Å²) in [5.41, 5.74) is 0.963. The fourth-order valence-corrected chi connectivity index (χ4v) is 3.07. The average Bonchev–Trinajstić information content (AvgIpc) is 3.15. The van der Waals surface area contributed by atoms with Gasteiger partial charge in [0.25, 0.3) is 5.91 Å². The van der Waals surface area contributed by atoms with Crippen molar-refractivity contribution in [3.05, 3.63) is 54.6 Å². The molecule has 134 valence electrons. The van der Waals surface area contributed by atoms with Gasteiger partial charge in [-0.05, 0) is 18.6 Å². The van der Waals surface area contributed by atoms with E-state index in [1.165, 1.54) is 11.3 Å². The van der Waals surface area contributed by atoms with E-state index in [4.69, 9.17) is 9.47 Å². The highest BCUT2D eigenvalue weighted by Gasteiger charge is 2.20. The van der Waals surface area contributed by atoms with Crippen molar-refractivity contribution >= 4 is 22.4 Å². The van der Waals surface area contributed by atoms with Crippen LogP contribution in [0.3, 0.4) is 0 Å². The van der Waals surface area contributed by atoms with Crippen molar-refractivity contribution in [3.8, 4) is 22.1 Å². The van der Waals surface area contributed by atoms with Gasteiger partial charge < -0.3 is 9.47 Å². The number of amides is 1. The quantitative estimate of drug-likeness (QED) is 0.681. The molecule has 1 heterocycles. The Bertz CT molecular complexity index is 867. The summed E-state index contributed by atoms with van der Waals surface area (Å²) >= 11 is 1.32. The molecule has 1 aromatic heterocycles. The van der Waals surface area contributed by atoms with Gasteiger partial charge in [-0.15, -0.1) is 10.2 Å². The maximum atomic E-state index is 12.5. The van der Waals surface area contributed by atoms with E-state index in [1.807, 2.05) is 49.4 Å². The van der Waals surface area contributed by atoms with E-state index in [2.05, 4.69) is 15.5 Å². The molecular weight excluding hydrogens is 350 g/mol. The van der Waals surface area contributed by atoms with Crippen LogP contribution in [0.4, 0.5) is 5.13 Å². The van der Waals surface area contributed by atoms with Crippen LogP contribution in [0.5, 0.6) is 11.5 Å². The summed E-state index contributed by atoms with van der Waals surface area (Å²) < 4.78 is 11.0. The lowest BCUT2D eigenvalue weighted by molar-refractivity contribution is -0.122. The van der Waals surface area contributed by atoms with Crippen molar-refractivity contribution in [3.63, 3.8) is 0 Å². The van der Waals surface area contributed by atoms with Crippen LogP contribution in [-0.2, 0) is 4.79 Å². The number of anilines is 1. The van der Waals surface area contributed by atoms with E-state index in [-0.39, 0.29) is 5.91 Å². The first kappa shape index (κ1) is 17.9. The van der Waals surface area contributed by atoms with Crippen molar-refractivity contribution in [1.29, 1.82) is 0 Å². The first-order valence-corrected chi connectivity index (χ1v) is 9.01. The van der Waals surface area contributed by atoms with Crippen LogP contribution in [0, 0.1) is 0 Å². The summed E-state index contributed by atoms with van der Waals surface area (Å²) in [6.45, 7) is 1.89. The molecule has 3 aromatic rings. The second-order valence-corrected chi connectivity index (χ2v) is 6.44. The molecule has 1 atom stereocenters. The van der Waals surface area contributed by atoms with Crippen LogP contribution in [0.25, 0.3) is 10.6 Å². The summed E-state index contributed by atoms with van der Waals surface area (Å²) in [6.07, 6.45) is -0.112. The Labute approximate surface area is 155 Å². The molecule has 2 aromatic carbocycles. The van der Waals surface area contributed by atoms with E-state index in [9.17, 15) is 4.79 Å². The number of hydrogen-bond donors (Lipinski definition) is 1. The maximum Gasteiger partial charge on any atom is 0.267 e. The first-order chi connectivity index (χ1) is 12.7. The fourth-order valence-electron chi connectivity index (χ4n) is 2.32. The van der Waals surface area contributed by atoms with Crippen molar-refractivity contribution < 1.29 is 14.3 Å². The average molecular weight is 369 g/mol. The molecule has 0 spiro atoms. The molecule has 0 aliphatic heterocycles. The molecule has 7 heteroatoms. The molecule has 1 amide bonds. The van der Waals surface area contributed by atoms with Crippen molar-refractivity contribution in [2.24, 2.45) is 0 Å². The highest BCUT2D eigenvalue weighted by molar-refractivity contribution is 7.18. The Kier molecular flexibility index (Phi) is 5.80. The molecule has 0 radical (unpaired) electrons. The zero-order chi connectivity index (χ0) is 18.4. The molecule has 0 fully saturated rings. The number of carbonyl (C=O) groups excluding carboxylic acids is 1. The molecule has 0 saturated heterocycles. The lowest BCUT2D eigenvalue weighted by atomic mass is 10.2. The topological polar surface area (TPSA) is 73.3 Å². The van der Waals surface area contributed by atoms with Gasteiger partial charge in [-0.1, -0.05) is 54.7 Å². The van der Waals surface area contributed by atoms with Crippen molar-refractivity contribution in [2.75, 3.05) is 12.4 Å². The summed E-state index contributed by atoms with van der Waals surface area (Å²) in [5, 5.41) is 12.2. The largest absolute Gasteiger partial charge is 0.497 e. The third-order valence-corrected chi connectivity index (χ3v) is 4.55. The Hall–Kier alpha value is -2.93. The molecule has 3 rings (SSSR count). The van der Waals surface area contributed by atoms with E-state index in [1.54, 1.807) is 19.2 Å². The van der Waals surface area contributed by atoms with E-state index < -0.39 is 6.10 Å². The number of methoxy groups -OCH3 is 1. The number of benzene rings is 2. The van der Waals surface area contributed by atoms with Crippen LogP contribution >= 0.6 is 11.3 Å². The second-order valence-electron chi connectivity index (χ2n) is 5.46. The highest BCUT2D eigenvalue weighted by Crippen LogP contribution is 2.26. The van der Waals surface area contributed by atoms with Gasteiger partial charge in [-0.2, -0.15) is 0 Å². The van der Waals surface area contributed by atoms with Gasteiger partial charge >= 0.3 is 0 Å². The smallest absolute Gasteiger partial charge is 0.267 e. The highest BCUT2D eigenvalue weighted by atomic mass is 32.1. The summed E-state index contributed by atoms with van der Waals surface area (Å²) in [5.74, 6) is 0.994. The van der Waals surface area contributed by atoms with Crippen LogP contribution in [0.15, 0.2) is 54.6 Å². The molecule has 26 heavy (non-hydrogen) atoms. The Morgan fingerprint density at radius 3 is 2.62 bits per heavy atom. The lowest BCUT2D eigenvalue weighted by Gasteiger charge is -2.16. The number of aromatic nitrogens is 2. The van der Waals surface area contributed by atoms with E-state index in [0.29, 0.717) is 23.1 Å². The van der Waals surface area contributed by atoms with Gasteiger partial charge in [0.05, 0.1) is 7.11 Å². The number of ether oxygens (including phenoxy) is 2. The van der Waals surface area contributed by atoms with Gasteiger partial charge in [0, 0.05) is 11.6 Å². The minimum atomic E-state index is -0.633. The summed E-state index contributed by atoms with van der Waals surface area (Å²) in [4.78, 5) is 12.5. The van der Waals surface area contributed by atoms with Crippen LogP contribution < -0.4 is 14.8 Å². The van der Waals surface area contributed by atoms with E-state index in [0.717, 1.165) is 10.6 Å². The molecule has 0 aliphatic carbocycles. The Morgan fingerprint density at radius 2 is 1.88 bits per heavy atom. The van der Waals surface area contributed by atoms with Gasteiger partial charge in [0.2, 0.25) is 5.13 Å². The van der Waals surface area contributed by atoms with E-state index >= 15 is 0 Å². The third-order valence-electron chi connectivity index (χ3n) is 3.66. The standard InChI is InChI=1S/C19H19N3O3S/c1-3-16(25-15-11-7-10-14(12-15)24-2)17(23)20-19-22-21-18(26-19)13-8-5-4-6-9-13/h4-12,16H,3H2,1-2H3,(H,20,22,23)/t16-/m0/s1. The van der Waals surface area contributed by atoms with Gasteiger partial charge in [0.15, 0.2) is 6.10 Å². The van der Waals surface area contributed by atoms with Gasteiger partial charge in [-0.25, -0.2) is 0 Å². The number of carbonyl (C=O) groups is 1. The predicted octanol–water partition coefficient (Wildman–Crippen LogP) is 4.01. The fraction of sp³-hybridized carbons (Fsp3) is 0.211. The SMILES string of the molecule is CC[C@H](Oc1cccc(OC)c1)C(=O)Nc1nnc(-c2ccccc2)s1. The van der Waals surface area contributed by atoms with Crippen LogP contribution in [0.2, 0.25) is 0 Å². The third kappa shape index (κ3) is 4.37. The number of hydrogen-bond acceptors (Lipinski definition) is 6. The molecule has 0 saturated carbocycles. The molecule has 1 N–H and O–H groups in total. The van der Waals surface area contributed by atoms with Gasteiger partial charge in [0.1, 0.15) is 16.5 Å². The Balaban J connectivity index is 1.67. The zero-order valence-electron chi connectivity index (χ0n) is 14.5. The van der Waals surface area contributed by atoms with Crippen molar-refractivity contribution in [1.82, 2.24) is 10.2 Å². The molecule has 6 nitrogen and oxygen atoms in total. The van der Waals surface area contributed by atoms with Crippen LogP contribution in [-0.4, -0.2) is 29.3 Å². The summed E-state index contributed by atoms with van der Waals surface area (Å²) in [6, 6.07) is 16.9. The normalized spacial score (nSPS) is 11.6.